The van der Waals surface area contributed by atoms with E-state index in [-0.39, 0.29) is 30.5 Å². The molecule has 22 heavy (non-hydrogen) atoms. The Hall–Kier alpha value is -1.89. The smallest absolute Gasteiger partial charge is 0.244 e. The minimum absolute atomic E-state index is 0. The lowest BCUT2D eigenvalue weighted by Crippen LogP contribution is -2.53. The lowest BCUT2D eigenvalue weighted by atomic mass is 10.1. The molecule has 1 aromatic heterocycles. The van der Waals surface area contributed by atoms with Crippen molar-refractivity contribution < 1.29 is 9.53 Å². The largest absolute Gasteiger partial charge is 0.375 e. The van der Waals surface area contributed by atoms with Crippen LogP contribution in [0.15, 0.2) is 36.5 Å². The number of carbonyl (C=O) groups is 1. The van der Waals surface area contributed by atoms with Gasteiger partial charge in [-0.25, -0.2) is 0 Å². The van der Waals surface area contributed by atoms with E-state index in [4.69, 9.17) is 4.74 Å². The fraction of sp³-hybridized carbons (Fsp3) is 0.333. The summed E-state index contributed by atoms with van der Waals surface area (Å²) in [7, 11) is 0. The van der Waals surface area contributed by atoms with Crippen LogP contribution in [0.25, 0.3) is 11.3 Å². The van der Waals surface area contributed by atoms with Crippen LogP contribution >= 0.6 is 12.4 Å². The maximum Gasteiger partial charge on any atom is 0.244 e. The molecule has 1 aliphatic rings. The highest BCUT2D eigenvalue weighted by Crippen LogP contribution is 2.19. The molecule has 3 rings (SSSR count). The van der Waals surface area contributed by atoms with Crippen molar-refractivity contribution in [1.82, 2.24) is 15.5 Å². The van der Waals surface area contributed by atoms with Gasteiger partial charge in [-0.1, -0.05) is 12.1 Å². The number of hydrogen-bond donors (Lipinski definition) is 3. The molecular formula is C15H19ClN4O2. The number of benzene rings is 1. The van der Waals surface area contributed by atoms with Crippen molar-refractivity contribution >= 4 is 24.0 Å². The second-order valence-corrected chi connectivity index (χ2v) is 5.04. The van der Waals surface area contributed by atoms with Crippen LogP contribution in [0.1, 0.15) is 6.92 Å². The average Bonchev–Trinajstić information content (AvgIpc) is 3.02. The SMILES string of the molecule is C[C@H]1OCCN[C@@H]1C(=O)Nc1ccc(-c2ccn[nH]2)cc1.Cl. The Balaban J connectivity index is 0.00000176. The molecule has 1 saturated heterocycles. The van der Waals surface area contributed by atoms with Crippen LogP contribution in [-0.4, -0.2) is 41.4 Å². The Kier molecular flexibility index (Phi) is 5.54. The number of nitrogens with zero attached hydrogens (tertiary/aromatic N) is 1. The van der Waals surface area contributed by atoms with Crippen LogP contribution < -0.4 is 10.6 Å². The van der Waals surface area contributed by atoms with Crippen molar-refractivity contribution in [2.24, 2.45) is 0 Å². The molecule has 1 aromatic carbocycles. The Labute approximate surface area is 135 Å². The van der Waals surface area contributed by atoms with E-state index in [1.54, 1.807) is 6.20 Å². The maximum absolute atomic E-state index is 12.2. The number of hydrogen-bond acceptors (Lipinski definition) is 4. The zero-order valence-electron chi connectivity index (χ0n) is 12.2. The van der Waals surface area contributed by atoms with E-state index in [0.717, 1.165) is 16.9 Å². The van der Waals surface area contributed by atoms with Gasteiger partial charge in [-0.15, -0.1) is 12.4 Å². The van der Waals surface area contributed by atoms with Gasteiger partial charge in [0.05, 0.1) is 18.4 Å². The summed E-state index contributed by atoms with van der Waals surface area (Å²) in [6, 6.07) is 9.23. The number of carbonyl (C=O) groups excluding carboxylic acids is 1. The zero-order valence-corrected chi connectivity index (χ0v) is 13.0. The number of halogens is 1. The standard InChI is InChI=1S/C15H18N4O2.ClH/c1-10-14(16-8-9-21-10)15(20)18-12-4-2-11(3-5-12)13-6-7-17-19-13;/h2-7,10,14,16H,8-9H2,1H3,(H,17,19)(H,18,20);1H/t10-,14+;/m1./s1. The lowest BCUT2D eigenvalue weighted by Gasteiger charge is -2.29. The van der Waals surface area contributed by atoms with E-state index in [0.29, 0.717) is 13.2 Å². The number of H-pyrrole nitrogens is 1. The molecule has 3 N–H and O–H groups in total. The van der Waals surface area contributed by atoms with Crippen molar-refractivity contribution in [3.8, 4) is 11.3 Å². The first-order valence-electron chi connectivity index (χ1n) is 7.00. The van der Waals surface area contributed by atoms with Gasteiger partial charge in [0.15, 0.2) is 0 Å². The molecule has 6 nitrogen and oxygen atoms in total. The number of ether oxygens (including phenoxy) is 1. The molecule has 2 atom stereocenters. The zero-order chi connectivity index (χ0) is 14.7. The molecule has 7 heteroatoms. The second-order valence-electron chi connectivity index (χ2n) is 5.04. The summed E-state index contributed by atoms with van der Waals surface area (Å²) in [6.45, 7) is 3.24. The summed E-state index contributed by atoms with van der Waals surface area (Å²) in [6.07, 6.45) is 1.59. The normalized spacial score (nSPS) is 21.0. The molecule has 2 aromatic rings. The molecule has 0 spiro atoms. The van der Waals surface area contributed by atoms with Crippen LogP contribution in [-0.2, 0) is 9.53 Å². The molecule has 0 saturated carbocycles. The van der Waals surface area contributed by atoms with Crippen LogP contribution in [0, 0.1) is 0 Å². The van der Waals surface area contributed by atoms with Crippen molar-refractivity contribution in [3.05, 3.63) is 36.5 Å². The topological polar surface area (TPSA) is 79.0 Å². The van der Waals surface area contributed by atoms with Crippen molar-refractivity contribution in [2.45, 2.75) is 19.1 Å². The third-order valence-electron chi connectivity index (χ3n) is 3.56. The molecule has 0 radical (unpaired) electrons. The Bertz CT molecular complexity index is 601. The minimum Gasteiger partial charge on any atom is -0.375 e. The number of aromatic nitrogens is 2. The summed E-state index contributed by atoms with van der Waals surface area (Å²) in [5.41, 5.74) is 2.74. The molecule has 0 unspecified atom stereocenters. The number of nitrogens with one attached hydrogen (secondary N) is 3. The molecule has 2 heterocycles. The summed E-state index contributed by atoms with van der Waals surface area (Å²) in [4.78, 5) is 12.2. The number of rotatable bonds is 3. The predicted octanol–water partition coefficient (Wildman–Crippen LogP) is 1.81. The number of anilines is 1. The second kappa shape index (κ2) is 7.40. The van der Waals surface area contributed by atoms with Gasteiger partial charge >= 0.3 is 0 Å². The average molecular weight is 323 g/mol. The van der Waals surface area contributed by atoms with Gasteiger partial charge in [-0.3, -0.25) is 9.89 Å². The first kappa shape index (κ1) is 16.5. The monoisotopic (exact) mass is 322 g/mol. The molecular weight excluding hydrogens is 304 g/mol. The fourth-order valence-electron chi connectivity index (χ4n) is 2.40. The molecule has 1 fully saturated rings. The number of amides is 1. The first-order chi connectivity index (χ1) is 10.2. The Morgan fingerprint density at radius 2 is 2.09 bits per heavy atom. The molecule has 0 aliphatic carbocycles. The van der Waals surface area contributed by atoms with E-state index < -0.39 is 0 Å². The quantitative estimate of drug-likeness (QED) is 0.805. The Morgan fingerprint density at radius 1 is 1.32 bits per heavy atom. The molecule has 1 amide bonds. The third kappa shape index (κ3) is 3.65. The third-order valence-corrected chi connectivity index (χ3v) is 3.56. The van der Waals surface area contributed by atoms with Gasteiger partial charge in [-0.05, 0) is 30.7 Å². The van der Waals surface area contributed by atoms with Gasteiger partial charge in [0.25, 0.3) is 0 Å². The van der Waals surface area contributed by atoms with E-state index in [1.165, 1.54) is 0 Å². The maximum atomic E-state index is 12.2. The van der Waals surface area contributed by atoms with Crippen LogP contribution in [0.5, 0.6) is 0 Å². The van der Waals surface area contributed by atoms with Crippen LogP contribution in [0.4, 0.5) is 5.69 Å². The number of aromatic amines is 1. The highest BCUT2D eigenvalue weighted by molar-refractivity contribution is 5.95. The predicted molar refractivity (Wildman–Crippen MR) is 87.1 cm³/mol. The van der Waals surface area contributed by atoms with Crippen LogP contribution in [0.2, 0.25) is 0 Å². The summed E-state index contributed by atoms with van der Waals surface area (Å²) in [5, 5.41) is 12.9. The van der Waals surface area contributed by atoms with E-state index in [2.05, 4.69) is 20.8 Å². The molecule has 118 valence electrons. The summed E-state index contributed by atoms with van der Waals surface area (Å²) in [5.74, 6) is -0.0727. The van der Waals surface area contributed by atoms with Gasteiger partial charge in [0.1, 0.15) is 6.04 Å². The minimum atomic E-state index is -0.314. The van der Waals surface area contributed by atoms with Gasteiger partial charge in [0, 0.05) is 18.4 Å². The summed E-state index contributed by atoms with van der Waals surface area (Å²) < 4.78 is 5.48. The Morgan fingerprint density at radius 3 is 2.73 bits per heavy atom. The van der Waals surface area contributed by atoms with Crippen LogP contribution in [0.3, 0.4) is 0 Å². The van der Waals surface area contributed by atoms with E-state index in [1.807, 2.05) is 37.3 Å². The van der Waals surface area contributed by atoms with E-state index in [9.17, 15) is 4.79 Å². The first-order valence-corrected chi connectivity index (χ1v) is 7.00. The van der Waals surface area contributed by atoms with Crippen molar-refractivity contribution in [3.63, 3.8) is 0 Å². The molecule has 1 aliphatic heterocycles. The van der Waals surface area contributed by atoms with Crippen molar-refractivity contribution in [2.75, 3.05) is 18.5 Å². The highest BCUT2D eigenvalue weighted by atomic mass is 35.5. The van der Waals surface area contributed by atoms with Crippen molar-refractivity contribution in [1.29, 1.82) is 0 Å². The molecule has 0 bridgehead atoms. The lowest BCUT2D eigenvalue weighted by molar-refractivity contribution is -0.123. The van der Waals surface area contributed by atoms with Gasteiger partial charge in [-0.2, -0.15) is 5.10 Å². The van der Waals surface area contributed by atoms with E-state index >= 15 is 0 Å². The number of morpholine rings is 1. The van der Waals surface area contributed by atoms with Gasteiger partial charge in [0.2, 0.25) is 5.91 Å². The summed E-state index contributed by atoms with van der Waals surface area (Å²) >= 11 is 0. The van der Waals surface area contributed by atoms with Gasteiger partial charge < -0.3 is 15.4 Å². The fourth-order valence-corrected chi connectivity index (χ4v) is 2.40. The highest BCUT2D eigenvalue weighted by Gasteiger charge is 2.28.